The van der Waals surface area contributed by atoms with Gasteiger partial charge in [0.2, 0.25) is 0 Å². The van der Waals surface area contributed by atoms with Crippen molar-refractivity contribution in [2.24, 2.45) is 0 Å². The summed E-state index contributed by atoms with van der Waals surface area (Å²) in [5.41, 5.74) is 5.10. The lowest BCUT2D eigenvalue weighted by molar-refractivity contribution is 0.389. The molecule has 0 amide bonds. The number of dihydropyridines is 1. The van der Waals surface area contributed by atoms with E-state index in [9.17, 15) is 0 Å². The normalized spacial score (nSPS) is 22.4. The summed E-state index contributed by atoms with van der Waals surface area (Å²) in [6, 6.07) is 0. The second kappa shape index (κ2) is 4.92. The van der Waals surface area contributed by atoms with Crippen molar-refractivity contribution in [1.29, 1.82) is 0 Å². The molecule has 92 valence electrons. The highest BCUT2D eigenvalue weighted by Crippen LogP contribution is 2.31. The highest BCUT2D eigenvalue weighted by Gasteiger charge is 2.24. The Morgan fingerprint density at radius 1 is 1.29 bits per heavy atom. The van der Waals surface area contributed by atoms with Crippen LogP contribution in [0.25, 0.3) is 0 Å². The Morgan fingerprint density at radius 3 is 2.59 bits per heavy atom. The van der Waals surface area contributed by atoms with Gasteiger partial charge >= 0.3 is 0 Å². The number of hydrogen-bond acceptors (Lipinski definition) is 4. The summed E-state index contributed by atoms with van der Waals surface area (Å²) in [5.74, 6) is 0. The van der Waals surface area contributed by atoms with Gasteiger partial charge in [-0.1, -0.05) is 18.0 Å². The Kier molecular flexibility index (Phi) is 3.52. The Morgan fingerprint density at radius 2 is 2.06 bits per heavy atom. The van der Waals surface area contributed by atoms with Crippen LogP contribution in [0, 0.1) is 0 Å². The molecule has 1 N–H and O–H groups in total. The summed E-state index contributed by atoms with van der Waals surface area (Å²) in [7, 11) is 0. The van der Waals surface area contributed by atoms with Crippen LogP contribution >= 0.6 is 11.9 Å². The Bertz CT molecular complexity index is 432. The van der Waals surface area contributed by atoms with Crippen molar-refractivity contribution in [3.8, 4) is 0 Å². The Hall–Kier alpha value is -1.29. The maximum Gasteiger partial charge on any atom is 0.105 e. The summed E-state index contributed by atoms with van der Waals surface area (Å²) >= 11 is 1.77. The first-order valence-electron chi connectivity index (χ1n) is 5.72. The molecule has 0 atom stereocenters. The Labute approximate surface area is 108 Å². The number of nitrogens with zero attached hydrogens (tertiary/aromatic N) is 2. The molecule has 0 aromatic carbocycles. The lowest BCUT2D eigenvalue weighted by Crippen LogP contribution is -2.25. The topological polar surface area (TPSA) is 18.5 Å². The summed E-state index contributed by atoms with van der Waals surface area (Å²) in [4.78, 5) is 2.34. The minimum atomic E-state index is 0.924. The standard InChI is InChI=1S/C13H19N3S/c1-10-11(2)16(17-4)9-15(10)12(3)13-7-5-6-8-14-13/h5-8,14H,9H2,1-4H3/b13-12-. The number of rotatable bonds is 2. The third-order valence-electron chi connectivity index (χ3n) is 3.30. The molecule has 0 aliphatic carbocycles. The fourth-order valence-corrected chi connectivity index (χ4v) is 2.67. The van der Waals surface area contributed by atoms with Crippen molar-refractivity contribution in [2.75, 3.05) is 12.9 Å². The van der Waals surface area contributed by atoms with Crippen molar-refractivity contribution in [2.45, 2.75) is 20.8 Å². The van der Waals surface area contributed by atoms with Crippen LogP contribution in [0.3, 0.4) is 0 Å². The largest absolute Gasteiger partial charge is 0.360 e. The maximum atomic E-state index is 3.29. The van der Waals surface area contributed by atoms with E-state index in [0.717, 1.165) is 6.67 Å². The summed E-state index contributed by atoms with van der Waals surface area (Å²) in [6.45, 7) is 7.44. The fraction of sp³-hybridized carbons (Fsp3) is 0.385. The molecular formula is C13H19N3S. The van der Waals surface area contributed by atoms with Crippen LogP contribution in [0.2, 0.25) is 0 Å². The average molecular weight is 249 g/mol. The van der Waals surface area contributed by atoms with Crippen LogP contribution in [0.4, 0.5) is 0 Å². The zero-order valence-corrected chi connectivity index (χ0v) is 11.6. The maximum absolute atomic E-state index is 3.29. The lowest BCUT2D eigenvalue weighted by atomic mass is 10.2. The SMILES string of the molecule is CSN1CN(/C(C)=C2/C=CC=CN2)C(C)=C1C. The van der Waals surface area contributed by atoms with E-state index in [1.54, 1.807) is 11.9 Å². The predicted octanol–water partition coefficient (Wildman–Crippen LogP) is 3.00. The van der Waals surface area contributed by atoms with Crippen molar-refractivity contribution in [3.05, 3.63) is 47.2 Å². The molecule has 0 fully saturated rings. The minimum absolute atomic E-state index is 0.924. The molecule has 4 heteroatoms. The molecule has 0 spiro atoms. The smallest absolute Gasteiger partial charge is 0.105 e. The number of hydrogen-bond donors (Lipinski definition) is 1. The molecule has 0 aromatic rings. The first kappa shape index (κ1) is 12.2. The molecule has 0 aromatic heterocycles. The Balaban J connectivity index is 2.25. The molecule has 17 heavy (non-hydrogen) atoms. The molecule has 3 nitrogen and oxygen atoms in total. The second-order valence-corrected chi connectivity index (χ2v) is 4.97. The van der Waals surface area contributed by atoms with Crippen LogP contribution < -0.4 is 5.32 Å². The van der Waals surface area contributed by atoms with Crippen molar-refractivity contribution in [3.63, 3.8) is 0 Å². The van der Waals surface area contributed by atoms with Gasteiger partial charge in [0.15, 0.2) is 0 Å². The molecule has 0 unspecified atom stereocenters. The van der Waals surface area contributed by atoms with E-state index < -0.39 is 0 Å². The van der Waals surface area contributed by atoms with Crippen LogP contribution in [0.15, 0.2) is 47.2 Å². The van der Waals surface area contributed by atoms with E-state index in [0.29, 0.717) is 0 Å². The third kappa shape index (κ3) is 2.22. The van der Waals surface area contributed by atoms with Crippen LogP contribution in [-0.4, -0.2) is 22.1 Å². The van der Waals surface area contributed by atoms with Gasteiger partial charge in [0.25, 0.3) is 0 Å². The molecule has 0 saturated carbocycles. The molecule has 2 heterocycles. The second-order valence-electron chi connectivity index (χ2n) is 4.16. The van der Waals surface area contributed by atoms with Gasteiger partial charge in [0.05, 0.1) is 5.70 Å². The molecular weight excluding hydrogens is 230 g/mol. The van der Waals surface area contributed by atoms with E-state index in [-0.39, 0.29) is 0 Å². The van der Waals surface area contributed by atoms with Gasteiger partial charge < -0.3 is 10.2 Å². The monoisotopic (exact) mass is 249 g/mol. The van der Waals surface area contributed by atoms with Gasteiger partial charge in [0.1, 0.15) is 6.67 Å². The molecule has 2 aliphatic rings. The molecule has 2 aliphatic heterocycles. The zero-order chi connectivity index (χ0) is 12.4. The van der Waals surface area contributed by atoms with Crippen LogP contribution in [0.5, 0.6) is 0 Å². The first-order chi connectivity index (χ1) is 8.15. The van der Waals surface area contributed by atoms with E-state index >= 15 is 0 Å². The van der Waals surface area contributed by atoms with E-state index in [4.69, 9.17) is 0 Å². The van der Waals surface area contributed by atoms with E-state index in [1.807, 2.05) is 12.3 Å². The summed E-state index contributed by atoms with van der Waals surface area (Å²) in [6.07, 6.45) is 10.3. The average Bonchev–Trinajstić information content (AvgIpc) is 2.66. The molecule has 0 bridgehead atoms. The van der Waals surface area contributed by atoms with Crippen molar-refractivity contribution >= 4 is 11.9 Å². The van der Waals surface area contributed by atoms with Gasteiger partial charge in [0, 0.05) is 29.5 Å². The number of allylic oxidation sites excluding steroid dienone is 6. The summed E-state index contributed by atoms with van der Waals surface area (Å²) < 4.78 is 2.31. The highest BCUT2D eigenvalue weighted by molar-refractivity contribution is 7.96. The van der Waals surface area contributed by atoms with Crippen LogP contribution in [0.1, 0.15) is 20.8 Å². The fourth-order valence-electron chi connectivity index (χ4n) is 2.03. The predicted molar refractivity (Wildman–Crippen MR) is 74.5 cm³/mol. The third-order valence-corrected chi connectivity index (χ3v) is 4.13. The highest BCUT2D eigenvalue weighted by atomic mass is 32.2. The van der Waals surface area contributed by atoms with Crippen molar-refractivity contribution in [1.82, 2.24) is 14.5 Å². The summed E-state index contributed by atoms with van der Waals surface area (Å²) in [5, 5.41) is 3.29. The van der Waals surface area contributed by atoms with Crippen molar-refractivity contribution < 1.29 is 0 Å². The number of nitrogens with one attached hydrogen (secondary N) is 1. The van der Waals surface area contributed by atoms with Gasteiger partial charge in [-0.05, 0) is 32.9 Å². The van der Waals surface area contributed by atoms with Gasteiger partial charge in [-0.2, -0.15) is 0 Å². The van der Waals surface area contributed by atoms with Gasteiger partial charge in [-0.25, -0.2) is 0 Å². The minimum Gasteiger partial charge on any atom is -0.360 e. The molecule has 0 saturated heterocycles. The quantitative estimate of drug-likeness (QED) is 0.758. The first-order valence-corrected chi connectivity index (χ1v) is 6.90. The zero-order valence-electron chi connectivity index (χ0n) is 10.8. The molecule has 0 radical (unpaired) electrons. The van der Waals surface area contributed by atoms with Gasteiger partial charge in [-0.3, -0.25) is 4.31 Å². The van der Waals surface area contributed by atoms with E-state index in [2.05, 4.69) is 53.7 Å². The molecule has 2 rings (SSSR count). The lowest BCUT2D eigenvalue weighted by Gasteiger charge is -2.24. The van der Waals surface area contributed by atoms with Gasteiger partial charge in [-0.15, -0.1) is 0 Å². The van der Waals surface area contributed by atoms with E-state index in [1.165, 1.54) is 22.8 Å². The van der Waals surface area contributed by atoms with Crippen LogP contribution in [-0.2, 0) is 0 Å².